The third-order valence-electron chi connectivity index (χ3n) is 3.21. The minimum absolute atomic E-state index is 0.0401. The molecule has 0 aliphatic rings. The predicted octanol–water partition coefficient (Wildman–Crippen LogP) is 4.96. The quantitative estimate of drug-likeness (QED) is 0.714. The number of rotatable bonds is 4. The molecule has 0 radical (unpaired) electrons. The summed E-state index contributed by atoms with van der Waals surface area (Å²) in [5.74, 6) is -0.826. The molecule has 0 heterocycles. The largest absolute Gasteiger partial charge is 0.497 e. The predicted molar refractivity (Wildman–Crippen MR) is 79.5 cm³/mol. The first-order chi connectivity index (χ1) is 9.51. The SMILES string of the molecule is COc1ccc(C(Br)Cc2ccc(F)c(F)c2)c(C)c1. The normalized spacial score (nSPS) is 12.2. The molecule has 0 amide bonds. The van der Waals surface area contributed by atoms with Crippen molar-refractivity contribution in [3.05, 3.63) is 64.7 Å². The lowest BCUT2D eigenvalue weighted by molar-refractivity contribution is 0.414. The fraction of sp³-hybridized carbons (Fsp3) is 0.250. The molecule has 20 heavy (non-hydrogen) atoms. The van der Waals surface area contributed by atoms with Crippen molar-refractivity contribution in [3.63, 3.8) is 0 Å². The Morgan fingerprint density at radius 1 is 1.10 bits per heavy atom. The molecule has 0 saturated carbocycles. The zero-order chi connectivity index (χ0) is 14.7. The van der Waals surface area contributed by atoms with Crippen molar-refractivity contribution in [3.8, 4) is 5.75 Å². The molecule has 1 atom stereocenters. The van der Waals surface area contributed by atoms with Crippen molar-refractivity contribution in [1.29, 1.82) is 0 Å². The fourth-order valence-electron chi connectivity index (χ4n) is 2.11. The highest BCUT2D eigenvalue weighted by Crippen LogP contribution is 2.31. The van der Waals surface area contributed by atoms with Crippen LogP contribution in [0.25, 0.3) is 0 Å². The second-order valence-electron chi connectivity index (χ2n) is 4.64. The molecule has 2 aromatic rings. The number of benzene rings is 2. The van der Waals surface area contributed by atoms with E-state index in [2.05, 4.69) is 15.9 Å². The molecule has 106 valence electrons. The lowest BCUT2D eigenvalue weighted by Crippen LogP contribution is -1.99. The molecule has 0 bridgehead atoms. The van der Waals surface area contributed by atoms with E-state index in [0.717, 1.165) is 28.5 Å². The van der Waals surface area contributed by atoms with Crippen molar-refractivity contribution in [2.24, 2.45) is 0 Å². The van der Waals surface area contributed by atoms with E-state index in [-0.39, 0.29) is 4.83 Å². The lowest BCUT2D eigenvalue weighted by Gasteiger charge is -2.14. The van der Waals surface area contributed by atoms with Crippen molar-refractivity contribution < 1.29 is 13.5 Å². The van der Waals surface area contributed by atoms with Crippen LogP contribution in [0.5, 0.6) is 5.75 Å². The first kappa shape index (κ1) is 15.0. The Kier molecular flexibility index (Phi) is 4.76. The van der Waals surface area contributed by atoms with Crippen molar-refractivity contribution in [2.75, 3.05) is 7.11 Å². The smallest absolute Gasteiger partial charge is 0.159 e. The summed E-state index contributed by atoms with van der Waals surface area (Å²) in [6.07, 6.45) is 0.588. The molecule has 1 unspecified atom stereocenters. The van der Waals surface area contributed by atoms with Crippen LogP contribution in [0.1, 0.15) is 21.5 Å². The van der Waals surface area contributed by atoms with Crippen LogP contribution in [0.4, 0.5) is 8.78 Å². The van der Waals surface area contributed by atoms with E-state index in [0.29, 0.717) is 6.42 Å². The molecule has 0 spiro atoms. The van der Waals surface area contributed by atoms with Gasteiger partial charge in [0.05, 0.1) is 7.11 Å². The number of halogens is 3. The van der Waals surface area contributed by atoms with E-state index in [4.69, 9.17) is 4.74 Å². The van der Waals surface area contributed by atoms with Crippen molar-refractivity contribution in [1.82, 2.24) is 0 Å². The van der Waals surface area contributed by atoms with Gasteiger partial charge in [-0.2, -0.15) is 0 Å². The van der Waals surface area contributed by atoms with Gasteiger partial charge < -0.3 is 4.74 Å². The summed E-state index contributed by atoms with van der Waals surface area (Å²) < 4.78 is 31.3. The molecule has 2 aromatic carbocycles. The minimum Gasteiger partial charge on any atom is -0.497 e. The molecule has 1 nitrogen and oxygen atoms in total. The minimum atomic E-state index is -0.819. The Hall–Kier alpha value is -1.42. The van der Waals surface area contributed by atoms with Crippen LogP contribution < -0.4 is 4.74 Å². The molecule has 0 aliphatic heterocycles. The molecule has 0 aliphatic carbocycles. The van der Waals surface area contributed by atoms with E-state index in [1.165, 1.54) is 6.07 Å². The molecule has 2 rings (SSSR count). The third-order valence-corrected chi connectivity index (χ3v) is 4.03. The van der Waals surface area contributed by atoms with Gasteiger partial charge in [-0.05, 0) is 54.3 Å². The van der Waals surface area contributed by atoms with Crippen LogP contribution in [0, 0.1) is 18.6 Å². The highest BCUT2D eigenvalue weighted by molar-refractivity contribution is 9.09. The number of hydrogen-bond donors (Lipinski definition) is 0. The van der Waals surface area contributed by atoms with E-state index in [1.807, 2.05) is 25.1 Å². The first-order valence-corrected chi connectivity index (χ1v) is 7.15. The van der Waals surface area contributed by atoms with Gasteiger partial charge in [-0.3, -0.25) is 0 Å². The molecule has 0 aromatic heterocycles. The van der Waals surface area contributed by atoms with Crippen LogP contribution in [0.3, 0.4) is 0 Å². The van der Waals surface area contributed by atoms with Gasteiger partial charge in [0.25, 0.3) is 0 Å². The summed E-state index contributed by atoms with van der Waals surface area (Å²) in [6, 6.07) is 9.82. The standard InChI is InChI=1S/C16H15BrF2O/c1-10-7-12(20-2)4-5-13(10)14(17)8-11-3-6-15(18)16(19)9-11/h3-7,9,14H,8H2,1-2H3. The first-order valence-electron chi connectivity index (χ1n) is 6.24. The van der Waals surface area contributed by atoms with Gasteiger partial charge in [0.15, 0.2) is 11.6 Å². The second kappa shape index (κ2) is 6.35. The van der Waals surface area contributed by atoms with Crippen molar-refractivity contribution >= 4 is 15.9 Å². The number of hydrogen-bond acceptors (Lipinski definition) is 1. The molecule has 4 heteroatoms. The van der Waals surface area contributed by atoms with Crippen LogP contribution in [0.2, 0.25) is 0 Å². The molecule has 0 saturated heterocycles. The van der Waals surface area contributed by atoms with Gasteiger partial charge in [-0.1, -0.05) is 28.1 Å². The summed E-state index contributed by atoms with van der Waals surface area (Å²) in [7, 11) is 1.63. The van der Waals surface area contributed by atoms with Gasteiger partial charge in [0.2, 0.25) is 0 Å². The van der Waals surface area contributed by atoms with Crippen LogP contribution in [-0.2, 0) is 6.42 Å². The monoisotopic (exact) mass is 340 g/mol. The molecular weight excluding hydrogens is 326 g/mol. The summed E-state index contributed by atoms with van der Waals surface area (Å²) in [5.41, 5.74) is 2.95. The van der Waals surface area contributed by atoms with Crippen molar-refractivity contribution in [2.45, 2.75) is 18.2 Å². The maximum Gasteiger partial charge on any atom is 0.159 e. The number of alkyl halides is 1. The van der Waals surface area contributed by atoms with Gasteiger partial charge in [0.1, 0.15) is 5.75 Å². The Morgan fingerprint density at radius 2 is 1.85 bits per heavy atom. The van der Waals surface area contributed by atoms with Gasteiger partial charge in [-0.25, -0.2) is 8.78 Å². The average molecular weight is 341 g/mol. The Balaban J connectivity index is 2.19. The van der Waals surface area contributed by atoms with E-state index >= 15 is 0 Å². The van der Waals surface area contributed by atoms with Crippen LogP contribution in [0.15, 0.2) is 36.4 Å². The number of methoxy groups -OCH3 is 1. The maximum absolute atomic E-state index is 13.2. The van der Waals surface area contributed by atoms with E-state index in [9.17, 15) is 8.78 Å². The zero-order valence-electron chi connectivity index (χ0n) is 11.3. The topological polar surface area (TPSA) is 9.23 Å². The molecule has 0 N–H and O–H groups in total. The third kappa shape index (κ3) is 3.37. The summed E-state index contributed by atoms with van der Waals surface area (Å²) in [6.45, 7) is 2.00. The van der Waals surface area contributed by atoms with Gasteiger partial charge >= 0.3 is 0 Å². The summed E-state index contributed by atoms with van der Waals surface area (Å²) in [4.78, 5) is 0.0401. The Labute approximate surface area is 125 Å². The van der Waals surface area contributed by atoms with E-state index in [1.54, 1.807) is 13.2 Å². The summed E-state index contributed by atoms with van der Waals surface area (Å²) >= 11 is 3.61. The second-order valence-corrected chi connectivity index (χ2v) is 5.75. The highest BCUT2D eigenvalue weighted by Gasteiger charge is 2.13. The van der Waals surface area contributed by atoms with Crippen LogP contribution in [-0.4, -0.2) is 7.11 Å². The maximum atomic E-state index is 13.2. The average Bonchev–Trinajstić information content (AvgIpc) is 2.42. The van der Waals surface area contributed by atoms with Gasteiger partial charge in [0, 0.05) is 4.83 Å². The zero-order valence-corrected chi connectivity index (χ0v) is 12.9. The van der Waals surface area contributed by atoms with Crippen LogP contribution >= 0.6 is 15.9 Å². The fourth-order valence-corrected chi connectivity index (χ4v) is 3.00. The Bertz CT molecular complexity index is 613. The lowest BCUT2D eigenvalue weighted by atomic mass is 10.00. The Morgan fingerprint density at radius 3 is 2.45 bits per heavy atom. The number of aryl methyl sites for hydroxylation is 1. The number of ether oxygens (including phenoxy) is 1. The molecular formula is C16H15BrF2O. The highest BCUT2D eigenvalue weighted by atomic mass is 79.9. The molecule has 0 fully saturated rings. The van der Waals surface area contributed by atoms with E-state index < -0.39 is 11.6 Å². The van der Waals surface area contributed by atoms with Gasteiger partial charge in [-0.15, -0.1) is 0 Å². The summed E-state index contributed by atoms with van der Waals surface area (Å²) in [5, 5.41) is 0.